The van der Waals surface area contributed by atoms with Crippen LogP contribution >= 0.6 is 0 Å². The van der Waals surface area contributed by atoms with Crippen LogP contribution in [0.3, 0.4) is 0 Å². The Hall–Kier alpha value is -2.66. The Kier molecular flexibility index (Phi) is 5.52. The van der Waals surface area contributed by atoms with Crippen molar-refractivity contribution >= 4 is 21.2 Å². The van der Waals surface area contributed by atoms with Crippen molar-refractivity contribution in [3.8, 4) is 0 Å². The van der Waals surface area contributed by atoms with Crippen LogP contribution in [0.15, 0.2) is 47.4 Å². The van der Waals surface area contributed by atoms with Crippen molar-refractivity contribution < 1.29 is 31.6 Å². The molecule has 2 rings (SSSR count). The Labute approximate surface area is 146 Å². The second-order valence-electron chi connectivity index (χ2n) is 5.17. The molecular formula is C15H13F3N2O5S. The number of nitro groups is 1. The van der Waals surface area contributed by atoms with Gasteiger partial charge < -0.3 is 10.4 Å². The molecule has 2 aromatic carbocycles. The highest BCUT2D eigenvalue weighted by Gasteiger charge is 2.47. The van der Waals surface area contributed by atoms with E-state index in [0.29, 0.717) is 23.3 Å². The lowest BCUT2D eigenvalue weighted by Gasteiger charge is -2.12. The molecule has 0 fully saturated rings. The SMILES string of the molecule is O=[N+]([O-])c1cc(S(=O)(=O)C(F)(F)F)ccc1NCc1ccccc1CO. The second kappa shape index (κ2) is 7.30. The minimum atomic E-state index is -5.69. The fourth-order valence-electron chi connectivity index (χ4n) is 2.19. The van der Waals surface area contributed by atoms with Gasteiger partial charge in [-0.1, -0.05) is 24.3 Å². The van der Waals surface area contributed by atoms with Crippen LogP contribution in [0.25, 0.3) is 0 Å². The van der Waals surface area contributed by atoms with Gasteiger partial charge in [-0.2, -0.15) is 13.2 Å². The molecule has 0 aliphatic heterocycles. The van der Waals surface area contributed by atoms with Crippen molar-refractivity contribution in [2.75, 3.05) is 5.32 Å². The maximum Gasteiger partial charge on any atom is 0.501 e. The summed E-state index contributed by atoms with van der Waals surface area (Å²) in [6.07, 6.45) is 0. The van der Waals surface area contributed by atoms with Gasteiger partial charge in [0, 0.05) is 12.6 Å². The van der Waals surface area contributed by atoms with E-state index >= 15 is 0 Å². The Morgan fingerprint density at radius 2 is 1.73 bits per heavy atom. The zero-order valence-corrected chi connectivity index (χ0v) is 13.8. The Morgan fingerprint density at radius 1 is 1.12 bits per heavy atom. The number of aliphatic hydroxyl groups is 1. The first-order chi connectivity index (χ1) is 12.1. The van der Waals surface area contributed by atoms with Gasteiger partial charge in [-0.25, -0.2) is 8.42 Å². The summed E-state index contributed by atoms with van der Waals surface area (Å²) in [6.45, 7) is -0.217. The van der Waals surface area contributed by atoms with Crippen LogP contribution in [0, 0.1) is 10.1 Å². The van der Waals surface area contributed by atoms with Crippen molar-refractivity contribution in [3.63, 3.8) is 0 Å². The minimum absolute atomic E-state index is 0.0446. The standard InChI is InChI=1S/C15H13F3N2O5S/c16-15(17,18)26(24,25)12-5-6-13(14(7-12)20(22)23)19-8-10-3-1-2-4-11(10)9-21/h1-7,19,21H,8-9H2. The summed E-state index contributed by atoms with van der Waals surface area (Å²) in [5.41, 5.74) is -5.33. The van der Waals surface area contributed by atoms with Gasteiger partial charge in [0.1, 0.15) is 5.69 Å². The lowest BCUT2D eigenvalue weighted by atomic mass is 10.1. The zero-order valence-electron chi connectivity index (χ0n) is 13.0. The Morgan fingerprint density at radius 3 is 2.27 bits per heavy atom. The minimum Gasteiger partial charge on any atom is -0.392 e. The number of aliphatic hydroxyl groups excluding tert-OH is 1. The third kappa shape index (κ3) is 3.94. The molecule has 0 bridgehead atoms. The molecule has 0 aliphatic carbocycles. The molecule has 2 N–H and O–H groups in total. The summed E-state index contributed by atoms with van der Waals surface area (Å²) in [5, 5.41) is 23.1. The molecule has 0 spiro atoms. The van der Waals surface area contributed by atoms with E-state index < -0.39 is 30.9 Å². The van der Waals surface area contributed by atoms with Gasteiger partial charge >= 0.3 is 5.51 Å². The average molecular weight is 390 g/mol. The molecule has 7 nitrogen and oxygen atoms in total. The highest BCUT2D eigenvalue weighted by atomic mass is 32.2. The average Bonchev–Trinajstić information content (AvgIpc) is 2.58. The molecule has 0 heterocycles. The number of sulfone groups is 1. The number of nitrogens with zero attached hydrogens (tertiary/aromatic N) is 1. The number of halogens is 3. The van der Waals surface area contributed by atoms with Crippen LogP contribution in [-0.4, -0.2) is 24.0 Å². The van der Waals surface area contributed by atoms with Crippen molar-refractivity contribution in [1.29, 1.82) is 0 Å². The van der Waals surface area contributed by atoms with E-state index in [2.05, 4.69) is 5.32 Å². The zero-order chi connectivity index (χ0) is 19.5. The summed E-state index contributed by atoms with van der Waals surface area (Å²) in [5.74, 6) is 0. The summed E-state index contributed by atoms with van der Waals surface area (Å²) in [6, 6.07) is 8.59. The maximum absolute atomic E-state index is 12.6. The van der Waals surface area contributed by atoms with Gasteiger partial charge in [-0.15, -0.1) is 0 Å². The van der Waals surface area contributed by atoms with E-state index in [1.54, 1.807) is 24.3 Å². The highest BCUT2D eigenvalue weighted by Crippen LogP contribution is 2.34. The van der Waals surface area contributed by atoms with Gasteiger partial charge in [0.2, 0.25) is 0 Å². The second-order valence-corrected chi connectivity index (χ2v) is 7.11. The number of nitrogens with one attached hydrogen (secondary N) is 1. The number of nitro benzene ring substituents is 1. The number of rotatable bonds is 6. The summed E-state index contributed by atoms with van der Waals surface area (Å²) in [4.78, 5) is 8.95. The van der Waals surface area contributed by atoms with Crippen molar-refractivity contribution in [2.24, 2.45) is 0 Å². The number of benzene rings is 2. The molecule has 26 heavy (non-hydrogen) atoms. The van der Waals surface area contributed by atoms with Gasteiger partial charge in [0.15, 0.2) is 0 Å². The molecule has 0 amide bonds. The van der Waals surface area contributed by atoms with E-state index in [1.165, 1.54) is 0 Å². The van der Waals surface area contributed by atoms with Crippen LogP contribution in [0.1, 0.15) is 11.1 Å². The first kappa shape index (κ1) is 19.7. The van der Waals surface area contributed by atoms with Gasteiger partial charge in [0.05, 0.1) is 16.4 Å². The van der Waals surface area contributed by atoms with Crippen molar-refractivity contribution in [3.05, 3.63) is 63.7 Å². The molecule has 0 saturated carbocycles. The summed E-state index contributed by atoms with van der Waals surface area (Å²) >= 11 is 0. The third-order valence-corrected chi connectivity index (χ3v) is 5.02. The normalized spacial score (nSPS) is 12.0. The molecular weight excluding hydrogens is 377 g/mol. The third-order valence-electron chi connectivity index (χ3n) is 3.54. The fraction of sp³-hybridized carbons (Fsp3) is 0.200. The lowest BCUT2D eigenvalue weighted by molar-refractivity contribution is -0.384. The van der Waals surface area contributed by atoms with Gasteiger partial charge in [-0.05, 0) is 23.3 Å². The monoisotopic (exact) mass is 390 g/mol. The Balaban J connectivity index is 2.37. The molecule has 0 atom stereocenters. The van der Waals surface area contributed by atoms with Crippen LogP contribution in [0.2, 0.25) is 0 Å². The van der Waals surface area contributed by atoms with E-state index in [4.69, 9.17) is 0 Å². The van der Waals surface area contributed by atoms with Gasteiger partial charge in [0.25, 0.3) is 15.5 Å². The molecule has 0 unspecified atom stereocenters. The summed E-state index contributed by atoms with van der Waals surface area (Å²) < 4.78 is 60.6. The lowest BCUT2D eigenvalue weighted by Crippen LogP contribution is -2.23. The molecule has 0 radical (unpaired) electrons. The van der Waals surface area contributed by atoms with E-state index in [1.807, 2.05) is 0 Å². The van der Waals surface area contributed by atoms with Crippen LogP contribution in [-0.2, 0) is 23.0 Å². The highest BCUT2D eigenvalue weighted by molar-refractivity contribution is 7.92. The van der Waals surface area contributed by atoms with E-state index in [9.17, 15) is 36.8 Å². The van der Waals surface area contributed by atoms with Crippen molar-refractivity contribution in [2.45, 2.75) is 23.6 Å². The topological polar surface area (TPSA) is 110 Å². The van der Waals surface area contributed by atoms with Crippen molar-refractivity contribution in [1.82, 2.24) is 0 Å². The molecule has 0 saturated heterocycles. The quantitative estimate of drug-likeness (QED) is 0.580. The maximum atomic E-state index is 12.6. The number of hydrogen-bond donors (Lipinski definition) is 2. The molecule has 140 valence electrons. The first-order valence-electron chi connectivity index (χ1n) is 7.09. The number of alkyl halides is 3. The largest absolute Gasteiger partial charge is 0.501 e. The van der Waals surface area contributed by atoms with Crippen LogP contribution in [0.5, 0.6) is 0 Å². The van der Waals surface area contributed by atoms with Crippen LogP contribution < -0.4 is 5.32 Å². The molecule has 0 aliphatic rings. The molecule has 11 heteroatoms. The van der Waals surface area contributed by atoms with Gasteiger partial charge in [-0.3, -0.25) is 10.1 Å². The number of hydrogen-bond acceptors (Lipinski definition) is 6. The van der Waals surface area contributed by atoms with Crippen LogP contribution in [0.4, 0.5) is 24.5 Å². The van der Waals surface area contributed by atoms with E-state index in [-0.39, 0.29) is 18.8 Å². The summed E-state index contributed by atoms with van der Waals surface area (Å²) in [7, 11) is -5.69. The first-order valence-corrected chi connectivity index (χ1v) is 8.57. The number of anilines is 1. The molecule has 2 aromatic rings. The van der Waals surface area contributed by atoms with E-state index in [0.717, 1.165) is 6.07 Å². The predicted octanol–water partition coefficient (Wildman–Crippen LogP) is 2.99. The fourth-order valence-corrected chi connectivity index (χ4v) is 2.97. The Bertz CT molecular complexity index is 929. The molecule has 0 aromatic heterocycles. The smallest absolute Gasteiger partial charge is 0.392 e. The predicted molar refractivity (Wildman–Crippen MR) is 86.0 cm³/mol.